The molecule has 2 aromatic rings. The molecule has 0 radical (unpaired) electrons. The van der Waals surface area contributed by atoms with Gasteiger partial charge in [-0.25, -0.2) is 4.98 Å². The van der Waals surface area contributed by atoms with E-state index < -0.39 is 0 Å². The van der Waals surface area contributed by atoms with Crippen LogP contribution in [0.2, 0.25) is 5.02 Å². The van der Waals surface area contributed by atoms with Gasteiger partial charge >= 0.3 is 0 Å². The number of hydrogen-bond acceptors (Lipinski definition) is 3. The second-order valence-corrected chi connectivity index (χ2v) is 3.62. The van der Waals surface area contributed by atoms with Crippen LogP contribution in [-0.4, -0.2) is 10.9 Å². The molecule has 0 aliphatic carbocycles. The average Bonchev–Trinajstić information content (AvgIpc) is 2.79. The number of nitrogens with zero attached hydrogens (tertiary/aromatic N) is 1. The van der Waals surface area contributed by atoms with Gasteiger partial charge in [0.15, 0.2) is 12.1 Å². The van der Waals surface area contributed by atoms with E-state index in [-0.39, 0.29) is 11.6 Å². The normalized spacial score (nSPS) is 10.1. The first-order chi connectivity index (χ1) is 7.75. The largest absolute Gasteiger partial charge is 0.451 e. The highest BCUT2D eigenvalue weighted by molar-refractivity contribution is 6.30. The summed E-state index contributed by atoms with van der Waals surface area (Å²) in [7, 11) is 0. The number of aromatic nitrogens is 1. The molecule has 0 saturated heterocycles. The summed E-state index contributed by atoms with van der Waals surface area (Å²) in [5.74, 6) is -0.270. The molecular weight excluding hydrogens is 228 g/mol. The van der Waals surface area contributed by atoms with Gasteiger partial charge in [-0.3, -0.25) is 4.79 Å². The van der Waals surface area contributed by atoms with Crippen molar-refractivity contribution in [3.05, 3.63) is 53.2 Å². The lowest BCUT2D eigenvalue weighted by molar-refractivity contribution is 0.0946. The zero-order valence-corrected chi connectivity index (χ0v) is 9.07. The molecule has 5 heteroatoms. The van der Waals surface area contributed by atoms with E-state index in [1.165, 1.54) is 12.7 Å². The van der Waals surface area contributed by atoms with Crippen LogP contribution in [0, 0.1) is 0 Å². The van der Waals surface area contributed by atoms with Gasteiger partial charge in [-0.1, -0.05) is 23.7 Å². The van der Waals surface area contributed by atoms with Gasteiger partial charge in [-0.2, -0.15) is 0 Å². The Bertz CT molecular complexity index is 482. The maximum atomic E-state index is 11.5. The zero-order chi connectivity index (χ0) is 11.4. The third kappa shape index (κ3) is 2.61. The highest BCUT2D eigenvalue weighted by Gasteiger charge is 2.07. The van der Waals surface area contributed by atoms with Gasteiger partial charge in [0, 0.05) is 11.6 Å². The van der Waals surface area contributed by atoms with E-state index in [1.54, 1.807) is 12.1 Å². The lowest BCUT2D eigenvalue weighted by Gasteiger charge is -2.03. The fourth-order valence-corrected chi connectivity index (χ4v) is 1.46. The van der Waals surface area contributed by atoms with E-state index in [4.69, 9.17) is 16.0 Å². The van der Waals surface area contributed by atoms with Gasteiger partial charge < -0.3 is 9.73 Å². The third-order valence-electron chi connectivity index (χ3n) is 2.01. The van der Waals surface area contributed by atoms with Gasteiger partial charge in [0.25, 0.3) is 5.91 Å². The molecule has 82 valence electrons. The zero-order valence-electron chi connectivity index (χ0n) is 8.31. The molecule has 1 aromatic heterocycles. The molecule has 4 nitrogen and oxygen atoms in total. The molecule has 0 saturated carbocycles. The summed E-state index contributed by atoms with van der Waals surface area (Å²) in [5, 5.41) is 3.35. The number of hydrogen-bond donors (Lipinski definition) is 1. The van der Waals surface area contributed by atoms with Gasteiger partial charge in [-0.15, -0.1) is 0 Å². The quantitative estimate of drug-likeness (QED) is 0.889. The van der Waals surface area contributed by atoms with E-state index in [0.717, 1.165) is 5.56 Å². The number of carbonyl (C=O) groups is 1. The van der Waals surface area contributed by atoms with Crippen molar-refractivity contribution in [1.29, 1.82) is 0 Å². The molecule has 16 heavy (non-hydrogen) atoms. The molecule has 1 amide bonds. The van der Waals surface area contributed by atoms with E-state index in [0.29, 0.717) is 11.6 Å². The number of halogens is 1. The summed E-state index contributed by atoms with van der Waals surface area (Å²) in [5.41, 5.74) is 1.20. The Labute approximate surface area is 97.2 Å². The van der Waals surface area contributed by atoms with Crippen molar-refractivity contribution in [2.45, 2.75) is 6.54 Å². The van der Waals surface area contributed by atoms with Gasteiger partial charge in [0.05, 0.1) is 0 Å². The van der Waals surface area contributed by atoms with E-state index >= 15 is 0 Å². The Balaban J connectivity index is 1.95. The number of benzene rings is 1. The van der Waals surface area contributed by atoms with Crippen LogP contribution in [-0.2, 0) is 6.54 Å². The first-order valence-electron chi connectivity index (χ1n) is 4.66. The summed E-state index contributed by atoms with van der Waals surface area (Å²) in [6, 6.07) is 7.30. The summed E-state index contributed by atoms with van der Waals surface area (Å²) in [4.78, 5) is 15.2. The average molecular weight is 237 g/mol. The van der Waals surface area contributed by atoms with Crippen molar-refractivity contribution in [3.8, 4) is 0 Å². The highest BCUT2D eigenvalue weighted by Crippen LogP contribution is 2.10. The van der Waals surface area contributed by atoms with E-state index in [2.05, 4.69) is 10.3 Å². The van der Waals surface area contributed by atoms with Crippen LogP contribution < -0.4 is 5.32 Å². The summed E-state index contributed by atoms with van der Waals surface area (Å²) < 4.78 is 4.71. The van der Waals surface area contributed by atoms with E-state index in [9.17, 15) is 4.79 Å². The maximum absolute atomic E-state index is 11.5. The van der Waals surface area contributed by atoms with Crippen molar-refractivity contribution >= 4 is 17.5 Å². The monoisotopic (exact) mass is 236 g/mol. The minimum atomic E-state index is -0.270. The lowest BCUT2D eigenvalue weighted by Crippen LogP contribution is -2.22. The smallest absolute Gasteiger partial charge is 0.273 e. The number of oxazole rings is 1. The predicted octanol–water partition coefficient (Wildman–Crippen LogP) is 2.26. The molecule has 1 aromatic carbocycles. The van der Waals surface area contributed by atoms with Crippen LogP contribution in [0.3, 0.4) is 0 Å². The standard InChI is InChI=1S/C11H9ClN2O2/c12-9-3-1-2-8(4-9)5-13-11(15)10-6-16-7-14-10/h1-4,6-7H,5H2,(H,13,15). The van der Waals surface area contributed by atoms with Gasteiger partial charge in [0.1, 0.15) is 6.26 Å². The highest BCUT2D eigenvalue weighted by atomic mass is 35.5. The third-order valence-corrected chi connectivity index (χ3v) is 2.24. The molecule has 0 aliphatic rings. The fourth-order valence-electron chi connectivity index (χ4n) is 1.24. The van der Waals surface area contributed by atoms with Crippen molar-refractivity contribution in [2.24, 2.45) is 0 Å². The lowest BCUT2D eigenvalue weighted by atomic mass is 10.2. The Morgan fingerprint density at radius 1 is 1.50 bits per heavy atom. The summed E-state index contributed by atoms with van der Waals surface area (Å²) in [6.45, 7) is 0.409. The Hall–Kier alpha value is -1.81. The Morgan fingerprint density at radius 2 is 2.38 bits per heavy atom. The number of rotatable bonds is 3. The second-order valence-electron chi connectivity index (χ2n) is 3.19. The maximum Gasteiger partial charge on any atom is 0.273 e. The Kier molecular flexibility index (Phi) is 3.22. The SMILES string of the molecule is O=C(NCc1cccc(Cl)c1)c1cocn1. The van der Waals surface area contributed by atoms with Crippen molar-refractivity contribution in [2.75, 3.05) is 0 Å². The van der Waals surface area contributed by atoms with Crippen LogP contribution >= 0.6 is 11.6 Å². The topological polar surface area (TPSA) is 55.1 Å². The van der Waals surface area contributed by atoms with Crippen molar-refractivity contribution in [1.82, 2.24) is 10.3 Å². The minimum Gasteiger partial charge on any atom is -0.451 e. The van der Waals surface area contributed by atoms with Crippen LogP contribution in [0.15, 0.2) is 41.3 Å². The summed E-state index contributed by atoms with van der Waals surface area (Å²) in [6.07, 6.45) is 2.52. The van der Waals surface area contributed by atoms with Crippen LogP contribution in [0.1, 0.15) is 16.1 Å². The van der Waals surface area contributed by atoms with Crippen molar-refractivity contribution < 1.29 is 9.21 Å². The van der Waals surface area contributed by atoms with Crippen molar-refractivity contribution in [3.63, 3.8) is 0 Å². The molecule has 0 fully saturated rings. The molecule has 0 unspecified atom stereocenters. The molecule has 0 atom stereocenters. The van der Waals surface area contributed by atoms with Crippen LogP contribution in [0.4, 0.5) is 0 Å². The van der Waals surface area contributed by atoms with Gasteiger partial charge in [0.2, 0.25) is 0 Å². The molecule has 0 aliphatic heterocycles. The predicted molar refractivity (Wildman–Crippen MR) is 59.1 cm³/mol. The van der Waals surface area contributed by atoms with E-state index in [1.807, 2.05) is 12.1 Å². The molecule has 1 N–H and O–H groups in total. The molecule has 2 rings (SSSR count). The minimum absolute atomic E-state index is 0.266. The molecule has 0 bridgehead atoms. The van der Waals surface area contributed by atoms with Gasteiger partial charge in [-0.05, 0) is 17.7 Å². The number of nitrogens with one attached hydrogen (secondary N) is 1. The Morgan fingerprint density at radius 3 is 3.06 bits per heavy atom. The second kappa shape index (κ2) is 4.81. The van der Waals surface area contributed by atoms with Crippen LogP contribution in [0.25, 0.3) is 0 Å². The number of amides is 1. The summed E-state index contributed by atoms with van der Waals surface area (Å²) >= 11 is 5.82. The molecular formula is C11H9ClN2O2. The van der Waals surface area contributed by atoms with Crippen LogP contribution in [0.5, 0.6) is 0 Å². The molecule has 0 spiro atoms. The number of carbonyl (C=O) groups excluding carboxylic acids is 1. The molecule has 1 heterocycles. The first kappa shape index (κ1) is 10.7. The fraction of sp³-hybridized carbons (Fsp3) is 0.0909. The first-order valence-corrected chi connectivity index (χ1v) is 5.04.